The van der Waals surface area contributed by atoms with Crippen LogP contribution in [0, 0.1) is 0 Å². The van der Waals surface area contributed by atoms with Crippen molar-refractivity contribution in [3.05, 3.63) is 28.2 Å². The van der Waals surface area contributed by atoms with Crippen molar-refractivity contribution in [2.45, 2.75) is 13.0 Å². The molecule has 4 heteroatoms. The van der Waals surface area contributed by atoms with Crippen LogP contribution in [-0.4, -0.2) is 12.3 Å². The van der Waals surface area contributed by atoms with Gasteiger partial charge in [0, 0.05) is 4.47 Å². The number of hydrogen-bond donors (Lipinski definition) is 2. The van der Waals surface area contributed by atoms with Gasteiger partial charge in [0.1, 0.15) is 5.75 Å². The summed E-state index contributed by atoms with van der Waals surface area (Å²) in [5.74, 6) is 0.778. The van der Waals surface area contributed by atoms with E-state index in [-0.39, 0.29) is 6.04 Å². The highest BCUT2D eigenvalue weighted by Gasteiger charge is 2.08. The molecule has 0 aliphatic carbocycles. The maximum absolute atomic E-state index is 8.76. The van der Waals surface area contributed by atoms with Crippen molar-refractivity contribution < 1.29 is 9.94 Å². The highest BCUT2D eigenvalue weighted by Crippen LogP contribution is 2.27. The van der Waals surface area contributed by atoms with E-state index in [0.29, 0.717) is 0 Å². The van der Waals surface area contributed by atoms with E-state index in [4.69, 9.17) is 9.94 Å². The minimum atomic E-state index is -0.121. The van der Waals surface area contributed by atoms with Gasteiger partial charge >= 0.3 is 0 Å². The van der Waals surface area contributed by atoms with Gasteiger partial charge in [-0.1, -0.05) is 15.9 Å². The van der Waals surface area contributed by atoms with Gasteiger partial charge in [0.05, 0.1) is 13.2 Å². The summed E-state index contributed by atoms with van der Waals surface area (Å²) in [6.45, 7) is 1.86. The van der Waals surface area contributed by atoms with Gasteiger partial charge in [0.15, 0.2) is 0 Å². The number of rotatable bonds is 3. The third kappa shape index (κ3) is 2.43. The minimum Gasteiger partial charge on any atom is -0.497 e. The second-order valence-electron chi connectivity index (χ2n) is 2.74. The van der Waals surface area contributed by atoms with E-state index in [1.807, 2.05) is 25.1 Å². The van der Waals surface area contributed by atoms with Gasteiger partial charge in [0.25, 0.3) is 0 Å². The third-order valence-electron chi connectivity index (χ3n) is 1.86. The fourth-order valence-electron chi connectivity index (χ4n) is 1.05. The number of ether oxygens (including phenoxy) is 1. The third-order valence-corrected chi connectivity index (χ3v) is 2.59. The van der Waals surface area contributed by atoms with Crippen LogP contribution in [0.15, 0.2) is 22.7 Å². The minimum absolute atomic E-state index is 0.121. The lowest BCUT2D eigenvalue weighted by Crippen LogP contribution is -2.13. The molecule has 0 bridgehead atoms. The Morgan fingerprint density at radius 3 is 2.77 bits per heavy atom. The quantitative estimate of drug-likeness (QED) is 0.805. The highest BCUT2D eigenvalue weighted by atomic mass is 79.9. The van der Waals surface area contributed by atoms with Crippen molar-refractivity contribution in [2.24, 2.45) is 0 Å². The molecule has 1 atom stereocenters. The lowest BCUT2D eigenvalue weighted by molar-refractivity contribution is 0.133. The first-order valence-electron chi connectivity index (χ1n) is 3.92. The van der Waals surface area contributed by atoms with E-state index in [0.717, 1.165) is 15.8 Å². The van der Waals surface area contributed by atoms with Crippen LogP contribution in [0.2, 0.25) is 0 Å². The van der Waals surface area contributed by atoms with Crippen LogP contribution in [0.5, 0.6) is 5.75 Å². The SMILES string of the molecule is COc1ccc(Br)c([C@@H](C)NO)c1. The van der Waals surface area contributed by atoms with Crippen molar-refractivity contribution >= 4 is 15.9 Å². The van der Waals surface area contributed by atoms with Crippen LogP contribution in [0.25, 0.3) is 0 Å². The smallest absolute Gasteiger partial charge is 0.119 e. The molecule has 0 aromatic heterocycles. The average molecular weight is 246 g/mol. The molecule has 0 aliphatic heterocycles. The highest BCUT2D eigenvalue weighted by molar-refractivity contribution is 9.10. The molecule has 13 heavy (non-hydrogen) atoms. The Morgan fingerprint density at radius 2 is 2.23 bits per heavy atom. The number of hydrogen-bond acceptors (Lipinski definition) is 3. The Labute approximate surface area is 85.8 Å². The topological polar surface area (TPSA) is 41.5 Å². The lowest BCUT2D eigenvalue weighted by atomic mass is 10.1. The largest absolute Gasteiger partial charge is 0.497 e. The first-order valence-corrected chi connectivity index (χ1v) is 4.71. The molecule has 0 spiro atoms. The van der Waals surface area contributed by atoms with Crippen molar-refractivity contribution in [3.8, 4) is 5.75 Å². The predicted molar refractivity (Wildman–Crippen MR) is 54.0 cm³/mol. The number of hydroxylamine groups is 1. The molecule has 2 N–H and O–H groups in total. The summed E-state index contributed by atoms with van der Waals surface area (Å²) in [6, 6.07) is 5.50. The van der Waals surface area contributed by atoms with Gasteiger partial charge in [-0.2, -0.15) is 5.48 Å². The standard InChI is InChI=1S/C9H12BrNO2/c1-6(11-12)8-5-7(13-2)3-4-9(8)10/h3-6,11-12H,1-2H3/t6-/m1/s1. The molecule has 0 aliphatic rings. The summed E-state index contributed by atoms with van der Waals surface area (Å²) in [6.07, 6.45) is 0. The predicted octanol–water partition coefficient (Wildman–Crippen LogP) is 2.50. The van der Waals surface area contributed by atoms with Gasteiger partial charge in [-0.25, -0.2) is 0 Å². The van der Waals surface area contributed by atoms with Gasteiger partial charge in [-0.15, -0.1) is 0 Å². The summed E-state index contributed by atoms with van der Waals surface area (Å²) in [5, 5.41) is 8.76. The van der Waals surface area contributed by atoms with Crippen LogP contribution >= 0.6 is 15.9 Å². The molecular formula is C9H12BrNO2. The van der Waals surface area contributed by atoms with Crippen molar-refractivity contribution in [3.63, 3.8) is 0 Å². The second kappa shape index (κ2) is 4.60. The van der Waals surface area contributed by atoms with E-state index < -0.39 is 0 Å². The first-order chi connectivity index (χ1) is 6.19. The van der Waals surface area contributed by atoms with Crippen LogP contribution < -0.4 is 10.2 Å². The van der Waals surface area contributed by atoms with E-state index in [9.17, 15) is 0 Å². The molecule has 0 radical (unpaired) electrons. The number of halogens is 1. The zero-order valence-electron chi connectivity index (χ0n) is 7.54. The summed E-state index contributed by atoms with van der Waals surface area (Å²) >= 11 is 3.39. The van der Waals surface area contributed by atoms with Gasteiger partial charge < -0.3 is 9.94 Å². The maximum Gasteiger partial charge on any atom is 0.119 e. The Hall–Kier alpha value is -0.580. The molecule has 72 valence electrons. The van der Waals surface area contributed by atoms with Gasteiger partial charge in [-0.3, -0.25) is 0 Å². The average Bonchev–Trinajstić information content (AvgIpc) is 2.17. The fourth-order valence-corrected chi connectivity index (χ4v) is 1.64. The van der Waals surface area contributed by atoms with Crippen LogP contribution in [-0.2, 0) is 0 Å². The molecule has 3 nitrogen and oxygen atoms in total. The fraction of sp³-hybridized carbons (Fsp3) is 0.333. The van der Waals surface area contributed by atoms with Gasteiger partial charge in [0.2, 0.25) is 0 Å². The van der Waals surface area contributed by atoms with Crippen molar-refractivity contribution in [2.75, 3.05) is 7.11 Å². The van der Waals surface area contributed by atoms with Crippen LogP contribution in [0.1, 0.15) is 18.5 Å². The number of benzene rings is 1. The first kappa shape index (κ1) is 10.5. The Kier molecular flexibility index (Phi) is 3.71. The Balaban J connectivity index is 3.03. The summed E-state index contributed by atoms with van der Waals surface area (Å²) in [4.78, 5) is 0. The molecule has 0 amide bonds. The Morgan fingerprint density at radius 1 is 1.54 bits per heavy atom. The lowest BCUT2D eigenvalue weighted by Gasteiger charge is -2.12. The van der Waals surface area contributed by atoms with E-state index in [1.54, 1.807) is 7.11 Å². The van der Waals surface area contributed by atoms with Crippen molar-refractivity contribution in [1.29, 1.82) is 0 Å². The molecule has 0 heterocycles. The summed E-state index contributed by atoms with van der Waals surface area (Å²) in [7, 11) is 1.62. The normalized spacial score (nSPS) is 12.6. The van der Waals surface area contributed by atoms with Crippen molar-refractivity contribution in [1.82, 2.24) is 5.48 Å². The second-order valence-corrected chi connectivity index (χ2v) is 3.59. The monoisotopic (exact) mass is 245 g/mol. The molecule has 1 rings (SSSR count). The Bertz CT molecular complexity index is 291. The molecular weight excluding hydrogens is 234 g/mol. The zero-order valence-corrected chi connectivity index (χ0v) is 9.13. The number of nitrogens with one attached hydrogen (secondary N) is 1. The number of methoxy groups -OCH3 is 1. The molecule has 1 aromatic carbocycles. The summed E-state index contributed by atoms with van der Waals surface area (Å²) in [5.41, 5.74) is 3.15. The molecule has 0 fully saturated rings. The molecule has 1 aromatic rings. The van der Waals surface area contributed by atoms with E-state index >= 15 is 0 Å². The maximum atomic E-state index is 8.76. The summed E-state index contributed by atoms with van der Waals surface area (Å²) < 4.78 is 6.02. The van der Waals surface area contributed by atoms with Crippen LogP contribution in [0.4, 0.5) is 0 Å². The van der Waals surface area contributed by atoms with E-state index in [1.165, 1.54) is 0 Å². The van der Waals surface area contributed by atoms with Gasteiger partial charge in [-0.05, 0) is 30.7 Å². The zero-order chi connectivity index (χ0) is 9.84. The molecule has 0 saturated heterocycles. The molecule has 0 saturated carbocycles. The molecule has 0 unspecified atom stereocenters. The van der Waals surface area contributed by atoms with Crippen LogP contribution in [0.3, 0.4) is 0 Å². The van der Waals surface area contributed by atoms with E-state index in [2.05, 4.69) is 21.4 Å².